The Labute approximate surface area is 131 Å². The summed E-state index contributed by atoms with van der Waals surface area (Å²) in [5, 5.41) is 22.3. The molecule has 1 amide bonds. The standard InChI is InChI=1S/C16H14N2O5/c1-10-7-12(5-6-14(10)18(22)23)15(19)17-9-11-3-2-4-13(8-11)16(20)21/h2-8H,9H2,1H3,(H,17,19)(H,20,21). The molecule has 2 aromatic rings. The smallest absolute Gasteiger partial charge is 0.335 e. The summed E-state index contributed by atoms with van der Waals surface area (Å²) in [5.41, 5.74) is 1.45. The van der Waals surface area contributed by atoms with E-state index in [-0.39, 0.29) is 23.7 Å². The van der Waals surface area contributed by atoms with Crippen molar-refractivity contribution in [2.45, 2.75) is 13.5 Å². The lowest BCUT2D eigenvalue weighted by molar-refractivity contribution is -0.385. The average Bonchev–Trinajstić information content (AvgIpc) is 2.52. The minimum absolute atomic E-state index is 0.0456. The lowest BCUT2D eigenvalue weighted by atomic mass is 10.1. The number of aromatic carboxylic acids is 1. The highest BCUT2D eigenvalue weighted by Gasteiger charge is 2.13. The summed E-state index contributed by atoms with van der Waals surface area (Å²) < 4.78 is 0. The van der Waals surface area contributed by atoms with E-state index < -0.39 is 10.9 Å². The number of rotatable bonds is 5. The third-order valence-corrected chi connectivity index (χ3v) is 3.28. The van der Waals surface area contributed by atoms with Crippen molar-refractivity contribution < 1.29 is 19.6 Å². The monoisotopic (exact) mass is 314 g/mol. The average molecular weight is 314 g/mol. The van der Waals surface area contributed by atoms with Gasteiger partial charge in [0.15, 0.2) is 0 Å². The Morgan fingerprint density at radius 3 is 2.52 bits per heavy atom. The van der Waals surface area contributed by atoms with E-state index in [4.69, 9.17) is 5.11 Å². The molecule has 2 rings (SSSR count). The molecule has 23 heavy (non-hydrogen) atoms. The Hall–Kier alpha value is -3.22. The molecule has 0 bridgehead atoms. The molecule has 0 saturated heterocycles. The Kier molecular flexibility index (Phi) is 4.70. The van der Waals surface area contributed by atoms with Crippen molar-refractivity contribution in [3.8, 4) is 0 Å². The fourth-order valence-electron chi connectivity index (χ4n) is 2.10. The topological polar surface area (TPSA) is 110 Å². The van der Waals surface area contributed by atoms with Crippen molar-refractivity contribution in [1.29, 1.82) is 0 Å². The van der Waals surface area contributed by atoms with Crippen molar-refractivity contribution in [3.63, 3.8) is 0 Å². The number of nitro benzene ring substituents is 1. The second-order valence-electron chi connectivity index (χ2n) is 4.95. The number of nitro groups is 1. The summed E-state index contributed by atoms with van der Waals surface area (Å²) in [6.45, 7) is 1.72. The Bertz CT molecular complexity index is 786. The molecule has 2 aromatic carbocycles. The van der Waals surface area contributed by atoms with E-state index >= 15 is 0 Å². The molecule has 7 nitrogen and oxygen atoms in total. The largest absolute Gasteiger partial charge is 0.478 e. The van der Waals surface area contributed by atoms with Gasteiger partial charge in [-0.15, -0.1) is 0 Å². The Morgan fingerprint density at radius 1 is 1.17 bits per heavy atom. The third-order valence-electron chi connectivity index (χ3n) is 3.28. The van der Waals surface area contributed by atoms with Crippen LogP contribution in [0.25, 0.3) is 0 Å². The van der Waals surface area contributed by atoms with Crippen molar-refractivity contribution in [1.82, 2.24) is 5.32 Å². The van der Waals surface area contributed by atoms with Crippen LogP contribution < -0.4 is 5.32 Å². The van der Waals surface area contributed by atoms with E-state index in [0.29, 0.717) is 16.7 Å². The van der Waals surface area contributed by atoms with E-state index in [0.717, 1.165) is 0 Å². The lowest BCUT2D eigenvalue weighted by Crippen LogP contribution is -2.23. The normalized spacial score (nSPS) is 10.1. The van der Waals surface area contributed by atoms with Gasteiger partial charge in [0.2, 0.25) is 0 Å². The molecule has 0 saturated carbocycles. The Morgan fingerprint density at radius 2 is 1.91 bits per heavy atom. The molecule has 0 heterocycles. The minimum Gasteiger partial charge on any atom is -0.478 e. The molecular formula is C16H14N2O5. The predicted molar refractivity (Wildman–Crippen MR) is 82.4 cm³/mol. The van der Waals surface area contributed by atoms with Crippen LogP contribution in [0.4, 0.5) is 5.69 Å². The molecule has 0 fully saturated rings. The highest BCUT2D eigenvalue weighted by atomic mass is 16.6. The van der Waals surface area contributed by atoms with Crippen LogP contribution >= 0.6 is 0 Å². The summed E-state index contributed by atoms with van der Waals surface area (Å²) in [6.07, 6.45) is 0. The van der Waals surface area contributed by atoms with Gasteiger partial charge in [0.05, 0.1) is 10.5 Å². The first-order valence-corrected chi connectivity index (χ1v) is 6.74. The third kappa shape index (κ3) is 3.91. The van der Waals surface area contributed by atoms with Gasteiger partial charge in [0, 0.05) is 23.7 Å². The zero-order valence-corrected chi connectivity index (χ0v) is 12.3. The van der Waals surface area contributed by atoms with Crippen LogP contribution in [-0.2, 0) is 6.54 Å². The number of nitrogens with zero attached hydrogens (tertiary/aromatic N) is 1. The van der Waals surface area contributed by atoms with Gasteiger partial charge in [-0.1, -0.05) is 12.1 Å². The summed E-state index contributed by atoms with van der Waals surface area (Å²) in [5.74, 6) is -1.42. The van der Waals surface area contributed by atoms with Crippen LogP contribution in [0.15, 0.2) is 42.5 Å². The molecule has 0 unspecified atom stereocenters. The SMILES string of the molecule is Cc1cc(C(=O)NCc2cccc(C(=O)O)c2)ccc1[N+](=O)[O-]. The molecule has 2 N–H and O–H groups in total. The maximum Gasteiger partial charge on any atom is 0.335 e. The second kappa shape index (κ2) is 6.69. The molecule has 118 valence electrons. The summed E-state index contributed by atoms with van der Waals surface area (Å²) in [4.78, 5) is 33.2. The first kappa shape index (κ1) is 16.2. The highest BCUT2D eigenvalue weighted by Crippen LogP contribution is 2.18. The van der Waals surface area contributed by atoms with Gasteiger partial charge in [0.25, 0.3) is 11.6 Å². The van der Waals surface area contributed by atoms with E-state index in [2.05, 4.69) is 5.32 Å². The van der Waals surface area contributed by atoms with E-state index in [1.54, 1.807) is 19.1 Å². The van der Waals surface area contributed by atoms with E-state index in [1.807, 2.05) is 0 Å². The number of amides is 1. The predicted octanol–water partition coefficient (Wildman–Crippen LogP) is 2.53. The summed E-state index contributed by atoms with van der Waals surface area (Å²) in [7, 11) is 0. The first-order chi connectivity index (χ1) is 10.9. The quantitative estimate of drug-likeness (QED) is 0.651. The van der Waals surface area contributed by atoms with Crippen LogP contribution in [-0.4, -0.2) is 21.9 Å². The number of carboxylic acids is 1. The molecule has 0 aliphatic carbocycles. The van der Waals surface area contributed by atoms with E-state index in [1.165, 1.54) is 30.3 Å². The van der Waals surface area contributed by atoms with Crippen molar-refractivity contribution in [2.75, 3.05) is 0 Å². The van der Waals surface area contributed by atoms with E-state index in [9.17, 15) is 19.7 Å². The van der Waals surface area contributed by atoms with Crippen LogP contribution in [0.1, 0.15) is 31.8 Å². The van der Waals surface area contributed by atoms with Gasteiger partial charge in [-0.2, -0.15) is 0 Å². The zero-order chi connectivity index (χ0) is 17.0. The zero-order valence-electron chi connectivity index (χ0n) is 12.3. The fourth-order valence-corrected chi connectivity index (χ4v) is 2.10. The summed E-state index contributed by atoms with van der Waals surface area (Å²) in [6, 6.07) is 10.4. The maximum atomic E-state index is 12.1. The molecular weight excluding hydrogens is 300 g/mol. The number of carboxylic acid groups (broad SMARTS) is 1. The highest BCUT2D eigenvalue weighted by molar-refractivity contribution is 5.94. The molecule has 0 atom stereocenters. The summed E-state index contributed by atoms with van der Waals surface area (Å²) >= 11 is 0. The molecule has 0 aliphatic rings. The number of carbonyl (C=O) groups is 2. The van der Waals surface area contributed by atoms with Crippen LogP contribution in [0.2, 0.25) is 0 Å². The molecule has 0 spiro atoms. The van der Waals surface area contributed by atoms with Gasteiger partial charge >= 0.3 is 5.97 Å². The van der Waals surface area contributed by atoms with Crippen LogP contribution in [0.5, 0.6) is 0 Å². The minimum atomic E-state index is -1.04. The van der Waals surface area contributed by atoms with Crippen molar-refractivity contribution >= 4 is 17.6 Å². The second-order valence-corrected chi connectivity index (χ2v) is 4.95. The van der Waals surface area contributed by atoms with Crippen molar-refractivity contribution in [3.05, 3.63) is 74.8 Å². The number of benzene rings is 2. The van der Waals surface area contributed by atoms with Gasteiger partial charge < -0.3 is 10.4 Å². The number of aryl methyl sites for hydroxylation is 1. The maximum absolute atomic E-state index is 12.1. The van der Waals surface area contributed by atoms with Gasteiger partial charge in [-0.25, -0.2) is 4.79 Å². The van der Waals surface area contributed by atoms with Gasteiger partial charge in [0.1, 0.15) is 0 Å². The lowest BCUT2D eigenvalue weighted by Gasteiger charge is -2.07. The van der Waals surface area contributed by atoms with Crippen LogP contribution in [0, 0.1) is 17.0 Å². The number of carbonyl (C=O) groups excluding carboxylic acids is 1. The molecule has 0 radical (unpaired) electrons. The van der Waals surface area contributed by atoms with Crippen molar-refractivity contribution in [2.24, 2.45) is 0 Å². The number of hydrogen-bond donors (Lipinski definition) is 2. The molecule has 0 aliphatic heterocycles. The Balaban J connectivity index is 2.08. The first-order valence-electron chi connectivity index (χ1n) is 6.74. The van der Waals surface area contributed by atoms with Crippen LogP contribution in [0.3, 0.4) is 0 Å². The molecule has 7 heteroatoms. The number of hydrogen-bond acceptors (Lipinski definition) is 4. The van der Waals surface area contributed by atoms with Gasteiger partial charge in [-0.05, 0) is 36.8 Å². The number of nitrogens with one attached hydrogen (secondary N) is 1. The fraction of sp³-hybridized carbons (Fsp3) is 0.125. The van der Waals surface area contributed by atoms with Gasteiger partial charge in [-0.3, -0.25) is 14.9 Å². The molecule has 0 aromatic heterocycles.